The molecule has 1 heteroatoms. The molecule has 0 saturated carbocycles. The van der Waals surface area contributed by atoms with Crippen molar-refractivity contribution in [3.8, 4) is 22.3 Å². The summed E-state index contributed by atoms with van der Waals surface area (Å²) in [6, 6.07) is 34.4. The molecule has 0 aliphatic heterocycles. The van der Waals surface area contributed by atoms with Crippen molar-refractivity contribution in [2.45, 2.75) is 0 Å². The minimum absolute atomic E-state index is 1.18. The fourth-order valence-electron chi connectivity index (χ4n) is 3.53. The molecule has 25 heavy (non-hydrogen) atoms. The summed E-state index contributed by atoms with van der Waals surface area (Å²) in [5.74, 6) is 0. The van der Waals surface area contributed by atoms with E-state index in [-0.39, 0.29) is 0 Å². The van der Waals surface area contributed by atoms with Gasteiger partial charge in [-0.05, 0) is 34.4 Å². The second-order valence-corrected chi connectivity index (χ2v) is 6.38. The van der Waals surface area contributed by atoms with Crippen molar-refractivity contribution < 1.29 is 0 Å². The molecule has 4 aromatic carbocycles. The number of nitrogens with one attached hydrogen (secondary N) is 1. The molecule has 0 spiro atoms. The van der Waals surface area contributed by atoms with Gasteiger partial charge < -0.3 is 4.98 Å². The van der Waals surface area contributed by atoms with E-state index >= 15 is 0 Å². The van der Waals surface area contributed by atoms with Crippen LogP contribution in [0.25, 0.3) is 44.1 Å². The largest absolute Gasteiger partial charge is 0.354 e. The highest BCUT2D eigenvalue weighted by atomic mass is 14.7. The molecule has 1 N–H and O–H groups in total. The van der Waals surface area contributed by atoms with Crippen LogP contribution in [0, 0.1) is 0 Å². The molecule has 0 fully saturated rings. The van der Waals surface area contributed by atoms with E-state index in [1.54, 1.807) is 0 Å². The first-order valence-corrected chi connectivity index (χ1v) is 8.55. The second kappa shape index (κ2) is 5.64. The van der Waals surface area contributed by atoms with Crippen LogP contribution in [-0.4, -0.2) is 4.98 Å². The van der Waals surface area contributed by atoms with E-state index in [4.69, 9.17) is 0 Å². The van der Waals surface area contributed by atoms with E-state index in [0.717, 1.165) is 0 Å². The van der Waals surface area contributed by atoms with Crippen LogP contribution in [-0.2, 0) is 0 Å². The van der Waals surface area contributed by atoms with Gasteiger partial charge in [-0.3, -0.25) is 0 Å². The van der Waals surface area contributed by atoms with Gasteiger partial charge in [-0.25, -0.2) is 0 Å². The Bertz CT molecular complexity index is 1070. The molecule has 0 bridgehead atoms. The van der Waals surface area contributed by atoms with Crippen molar-refractivity contribution in [2.75, 3.05) is 0 Å². The molecule has 1 nitrogen and oxygen atoms in total. The molecule has 0 amide bonds. The number of aromatic amines is 1. The van der Waals surface area contributed by atoms with Crippen molar-refractivity contribution in [1.29, 1.82) is 0 Å². The summed E-state index contributed by atoms with van der Waals surface area (Å²) in [4.78, 5) is 3.60. The van der Waals surface area contributed by atoms with Gasteiger partial charge in [0.05, 0.1) is 0 Å². The lowest BCUT2D eigenvalue weighted by atomic mass is 10.0. The van der Waals surface area contributed by atoms with Crippen LogP contribution in [0.2, 0.25) is 0 Å². The van der Waals surface area contributed by atoms with Crippen molar-refractivity contribution in [2.24, 2.45) is 0 Å². The first-order valence-electron chi connectivity index (χ1n) is 8.55. The number of aromatic nitrogens is 1. The Hall–Kier alpha value is -3.32. The Labute approximate surface area is 146 Å². The molecule has 0 unspecified atom stereocenters. The van der Waals surface area contributed by atoms with E-state index in [1.165, 1.54) is 44.1 Å². The van der Waals surface area contributed by atoms with Crippen LogP contribution in [0.5, 0.6) is 0 Å². The third-order valence-electron chi connectivity index (χ3n) is 4.81. The van der Waals surface area contributed by atoms with Gasteiger partial charge in [0, 0.05) is 21.8 Å². The Balaban J connectivity index is 1.67. The van der Waals surface area contributed by atoms with Crippen LogP contribution in [0.15, 0.2) is 97.1 Å². The SMILES string of the molecule is c1ccc(-c2ccc3c(c2)[nH]c2cc(-c4ccccc4)ccc23)cc1. The Kier molecular flexibility index (Phi) is 3.17. The van der Waals surface area contributed by atoms with Gasteiger partial charge in [0.25, 0.3) is 0 Å². The molecule has 0 radical (unpaired) electrons. The third-order valence-corrected chi connectivity index (χ3v) is 4.81. The topological polar surface area (TPSA) is 15.8 Å². The van der Waals surface area contributed by atoms with Gasteiger partial charge in [0.15, 0.2) is 0 Å². The zero-order chi connectivity index (χ0) is 16.6. The average Bonchev–Trinajstić information content (AvgIpc) is 3.06. The lowest BCUT2D eigenvalue weighted by Gasteiger charge is -2.02. The molecule has 5 aromatic rings. The fourth-order valence-corrected chi connectivity index (χ4v) is 3.53. The van der Waals surface area contributed by atoms with Crippen LogP contribution in [0.3, 0.4) is 0 Å². The molecule has 118 valence electrons. The molecule has 0 saturated heterocycles. The number of hydrogen-bond acceptors (Lipinski definition) is 0. The van der Waals surface area contributed by atoms with Crippen molar-refractivity contribution in [3.05, 3.63) is 97.1 Å². The van der Waals surface area contributed by atoms with Gasteiger partial charge >= 0.3 is 0 Å². The minimum Gasteiger partial charge on any atom is -0.354 e. The fraction of sp³-hybridized carbons (Fsp3) is 0. The molecule has 0 aliphatic carbocycles. The predicted molar refractivity (Wildman–Crippen MR) is 107 cm³/mol. The summed E-state index contributed by atoms with van der Waals surface area (Å²) < 4.78 is 0. The smallest absolute Gasteiger partial charge is 0.0471 e. The first-order chi connectivity index (χ1) is 12.4. The number of benzene rings is 4. The summed E-state index contributed by atoms with van der Waals surface area (Å²) in [7, 11) is 0. The van der Waals surface area contributed by atoms with Crippen molar-refractivity contribution >= 4 is 21.8 Å². The van der Waals surface area contributed by atoms with E-state index in [2.05, 4.69) is 102 Å². The Morgan fingerprint density at radius 2 is 0.840 bits per heavy atom. The predicted octanol–water partition coefficient (Wildman–Crippen LogP) is 6.66. The van der Waals surface area contributed by atoms with E-state index in [0.29, 0.717) is 0 Å². The number of hydrogen-bond donors (Lipinski definition) is 1. The third kappa shape index (κ3) is 2.41. The Morgan fingerprint density at radius 1 is 0.400 bits per heavy atom. The van der Waals surface area contributed by atoms with E-state index in [1.807, 2.05) is 0 Å². The molecular weight excluding hydrogens is 302 g/mol. The normalized spacial score (nSPS) is 11.2. The lowest BCUT2D eigenvalue weighted by molar-refractivity contribution is 1.53. The lowest BCUT2D eigenvalue weighted by Crippen LogP contribution is -1.77. The summed E-state index contributed by atoms with van der Waals surface area (Å²) >= 11 is 0. The van der Waals surface area contributed by atoms with Gasteiger partial charge in [-0.15, -0.1) is 0 Å². The standard InChI is InChI=1S/C24H17N/c1-3-7-17(8-4-1)19-11-13-21-22-14-12-20(18-9-5-2-6-10-18)16-24(22)25-23(21)15-19/h1-16,25H. The first kappa shape index (κ1) is 14.1. The average molecular weight is 319 g/mol. The van der Waals surface area contributed by atoms with Crippen molar-refractivity contribution in [3.63, 3.8) is 0 Å². The minimum atomic E-state index is 1.18. The second-order valence-electron chi connectivity index (χ2n) is 6.38. The number of rotatable bonds is 2. The van der Waals surface area contributed by atoms with Crippen molar-refractivity contribution in [1.82, 2.24) is 4.98 Å². The summed E-state index contributed by atoms with van der Waals surface area (Å²) in [5.41, 5.74) is 7.33. The highest BCUT2D eigenvalue weighted by Gasteiger charge is 2.07. The highest BCUT2D eigenvalue weighted by molar-refractivity contribution is 6.09. The summed E-state index contributed by atoms with van der Waals surface area (Å²) in [5, 5.41) is 2.54. The summed E-state index contributed by atoms with van der Waals surface area (Å²) in [6.07, 6.45) is 0. The highest BCUT2D eigenvalue weighted by Crippen LogP contribution is 2.32. The van der Waals surface area contributed by atoms with Gasteiger partial charge in [-0.1, -0.05) is 84.9 Å². The maximum absolute atomic E-state index is 3.60. The molecule has 5 rings (SSSR count). The Morgan fingerprint density at radius 3 is 1.28 bits per heavy atom. The molecule has 1 aromatic heterocycles. The maximum Gasteiger partial charge on any atom is 0.0471 e. The monoisotopic (exact) mass is 319 g/mol. The molecule has 1 heterocycles. The zero-order valence-corrected chi connectivity index (χ0v) is 13.7. The van der Waals surface area contributed by atoms with Gasteiger partial charge in [0.2, 0.25) is 0 Å². The van der Waals surface area contributed by atoms with Gasteiger partial charge in [0.1, 0.15) is 0 Å². The van der Waals surface area contributed by atoms with Crippen LogP contribution >= 0.6 is 0 Å². The number of fused-ring (bicyclic) bond motifs is 3. The van der Waals surface area contributed by atoms with E-state index in [9.17, 15) is 0 Å². The molecule has 0 atom stereocenters. The quantitative estimate of drug-likeness (QED) is 0.374. The zero-order valence-electron chi connectivity index (χ0n) is 13.7. The van der Waals surface area contributed by atoms with Gasteiger partial charge in [-0.2, -0.15) is 0 Å². The van der Waals surface area contributed by atoms with E-state index < -0.39 is 0 Å². The molecular formula is C24H17N. The molecule has 0 aliphatic rings. The van der Waals surface area contributed by atoms with Crippen LogP contribution in [0.4, 0.5) is 0 Å². The van der Waals surface area contributed by atoms with Crippen LogP contribution < -0.4 is 0 Å². The summed E-state index contributed by atoms with van der Waals surface area (Å²) in [6.45, 7) is 0. The number of H-pyrrole nitrogens is 1. The maximum atomic E-state index is 3.60. The van der Waals surface area contributed by atoms with Crippen LogP contribution in [0.1, 0.15) is 0 Å².